The third-order valence-corrected chi connectivity index (χ3v) is 6.00. The minimum atomic E-state index is -1.28. The molecule has 0 fully saturated rings. The third-order valence-electron chi connectivity index (χ3n) is 4.62. The maximum atomic E-state index is 13.0. The number of nitrogens with one attached hydrogen (secondary N) is 3. The Morgan fingerprint density at radius 1 is 1.23 bits per heavy atom. The largest absolute Gasteiger partial charge is 0.611 e. The van der Waals surface area contributed by atoms with Crippen molar-refractivity contribution in [1.82, 2.24) is 20.4 Å². The van der Waals surface area contributed by atoms with Crippen LogP contribution in [0.2, 0.25) is 0 Å². The van der Waals surface area contributed by atoms with Crippen LogP contribution in [0, 0.1) is 0 Å². The number of hydrogen-bond donors (Lipinski definition) is 3. The fourth-order valence-electron chi connectivity index (χ4n) is 2.91. The molecule has 31 heavy (non-hydrogen) atoms. The second kappa shape index (κ2) is 10.9. The number of H-pyrrole nitrogens is 1. The second-order valence-electron chi connectivity index (χ2n) is 7.21. The average Bonchev–Trinajstić information content (AvgIpc) is 3.31. The Bertz CT molecular complexity index is 995. The number of methoxy groups -OCH3 is 1. The maximum Gasteiger partial charge on any atom is 0.319 e. The quantitative estimate of drug-likeness (QED) is 0.443. The molecule has 0 aliphatic carbocycles. The molecule has 0 saturated heterocycles. The summed E-state index contributed by atoms with van der Waals surface area (Å²) in [6.07, 6.45) is 3.48. The molecule has 0 bridgehead atoms. The Kier molecular flexibility index (Phi) is 7.94. The number of nitrogens with zero attached hydrogens (tertiary/aromatic N) is 2. The first-order chi connectivity index (χ1) is 15.0. The number of aromatic amines is 1. The molecule has 2 aromatic carbocycles. The third kappa shape index (κ3) is 6.48. The minimum Gasteiger partial charge on any atom is -0.611 e. The number of amides is 2. The van der Waals surface area contributed by atoms with Gasteiger partial charge in [0.1, 0.15) is 11.5 Å². The smallest absolute Gasteiger partial charge is 0.319 e. The normalized spacial score (nSPS) is 11.9. The first kappa shape index (κ1) is 22.7. The summed E-state index contributed by atoms with van der Waals surface area (Å²) in [5.41, 5.74) is 3.20. The zero-order valence-corrected chi connectivity index (χ0v) is 18.7. The molecule has 3 aromatic rings. The van der Waals surface area contributed by atoms with Crippen LogP contribution in [0.5, 0.6) is 5.75 Å². The predicted molar refractivity (Wildman–Crippen MR) is 123 cm³/mol. The molecule has 0 saturated carbocycles. The van der Waals surface area contributed by atoms with Crippen LogP contribution in [0.4, 0.5) is 10.5 Å². The number of carbonyl (C=O) groups is 1. The number of aromatic nitrogens is 2. The fourth-order valence-corrected chi connectivity index (χ4v) is 4.28. The molecule has 2 amide bonds. The Balaban J connectivity index is 1.74. The van der Waals surface area contributed by atoms with Gasteiger partial charge in [-0.1, -0.05) is 18.2 Å². The van der Waals surface area contributed by atoms with Gasteiger partial charge in [-0.3, -0.25) is 5.10 Å². The van der Waals surface area contributed by atoms with E-state index in [1.54, 1.807) is 25.6 Å². The lowest BCUT2D eigenvalue weighted by molar-refractivity contribution is 0.251. The molecule has 8 nitrogen and oxygen atoms in total. The molecule has 1 unspecified atom stereocenters. The highest BCUT2D eigenvalue weighted by molar-refractivity contribution is 7.91. The van der Waals surface area contributed by atoms with Gasteiger partial charge in [0.2, 0.25) is 0 Å². The van der Waals surface area contributed by atoms with Crippen molar-refractivity contribution in [2.75, 3.05) is 38.8 Å². The van der Waals surface area contributed by atoms with Gasteiger partial charge in [0, 0.05) is 30.9 Å². The van der Waals surface area contributed by atoms with Crippen molar-refractivity contribution >= 4 is 22.9 Å². The number of ether oxygens (including phenoxy) is 1. The SMILES string of the molecule is COc1cccc(CNC(=O)Nc2ccc(-c3cn[nH]c3)cc2[S+]([O-])CCN(C)C)c1. The van der Waals surface area contributed by atoms with Crippen LogP contribution in [-0.4, -0.2) is 59.2 Å². The Morgan fingerprint density at radius 2 is 2.06 bits per heavy atom. The highest BCUT2D eigenvalue weighted by Crippen LogP contribution is 2.29. The summed E-state index contributed by atoms with van der Waals surface area (Å²) in [7, 11) is 5.47. The van der Waals surface area contributed by atoms with Crippen LogP contribution in [-0.2, 0) is 17.7 Å². The Morgan fingerprint density at radius 3 is 2.77 bits per heavy atom. The molecule has 1 atom stereocenters. The zero-order valence-electron chi connectivity index (χ0n) is 17.8. The van der Waals surface area contributed by atoms with E-state index in [9.17, 15) is 9.35 Å². The average molecular weight is 442 g/mol. The molecule has 3 rings (SSSR count). The number of carbonyl (C=O) groups excluding carboxylic acids is 1. The van der Waals surface area contributed by atoms with Crippen LogP contribution < -0.4 is 15.4 Å². The van der Waals surface area contributed by atoms with Gasteiger partial charge in [-0.15, -0.1) is 0 Å². The van der Waals surface area contributed by atoms with E-state index in [1.165, 1.54) is 0 Å². The standard InChI is InChI=1S/C22H27N5O3S/c1-27(2)9-10-31(29)21-12-17(18-14-24-25-15-18)7-8-20(21)26-22(28)23-13-16-5-4-6-19(11-16)30-3/h4-8,11-12,14-15H,9-10,13H2,1-3H3,(H,24,25)(H2,23,26,28). The molecule has 164 valence electrons. The van der Waals surface area contributed by atoms with Crippen molar-refractivity contribution in [2.24, 2.45) is 0 Å². The number of benzene rings is 2. The van der Waals surface area contributed by atoms with Crippen molar-refractivity contribution in [3.63, 3.8) is 0 Å². The van der Waals surface area contributed by atoms with Crippen LogP contribution >= 0.6 is 0 Å². The minimum absolute atomic E-state index is 0.342. The van der Waals surface area contributed by atoms with Crippen molar-refractivity contribution in [3.05, 3.63) is 60.4 Å². The van der Waals surface area contributed by atoms with Crippen molar-refractivity contribution < 1.29 is 14.1 Å². The monoisotopic (exact) mass is 441 g/mol. The predicted octanol–water partition coefficient (Wildman–Crippen LogP) is 3.08. The number of hydrogen-bond acceptors (Lipinski definition) is 5. The molecule has 0 aliphatic rings. The molecule has 3 N–H and O–H groups in total. The Labute approximate surface area is 185 Å². The van der Waals surface area contributed by atoms with Gasteiger partial charge in [-0.25, -0.2) is 4.79 Å². The van der Waals surface area contributed by atoms with E-state index in [0.717, 1.165) is 22.4 Å². The van der Waals surface area contributed by atoms with E-state index in [2.05, 4.69) is 20.8 Å². The van der Waals surface area contributed by atoms with Crippen LogP contribution in [0.25, 0.3) is 11.1 Å². The molecular weight excluding hydrogens is 414 g/mol. The summed E-state index contributed by atoms with van der Waals surface area (Å²) in [6.45, 7) is 1.01. The number of urea groups is 1. The van der Waals surface area contributed by atoms with Crippen LogP contribution in [0.15, 0.2) is 59.8 Å². The maximum absolute atomic E-state index is 13.0. The summed E-state index contributed by atoms with van der Waals surface area (Å²) >= 11 is -1.28. The molecule has 1 heterocycles. The highest BCUT2D eigenvalue weighted by Gasteiger charge is 2.20. The fraction of sp³-hybridized carbons (Fsp3) is 0.273. The van der Waals surface area contributed by atoms with Crippen LogP contribution in [0.3, 0.4) is 0 Å². The summed E-state index contributed by atoms with van der Waals surface area (Å²) < 4.78 is 18.2. The van der Waals surface area contributed by atoms with Crippen LogP contribution in [0.1, 0.15) is 5.56 Å². The highest BCUT2D eigenvalue weighted by atomic mass is 32.2. The van der Waals surface area contributed by atoms with Gasteiger partial charge in [0.25, 0.3) is 0 Å². The van der Waals surface area contributed by atoms with Crippen molar-refractivity contribution in [1.29, 1.82) is 0 Å². The first-order valence-electron chi connectivity index (χ1n) is 9.80. The molecule has 1 aromatic heterocycles. The van der Waals surface area contributed by atoms with E-state index in [1.807, 2.05) is 55.4 Å². The van der Waals surface area contributed by atoms with E-state index < -0.39 is 11.2 Å². The van der Waals surface area contributed by atoms with Gasteiger partial charge in [-0.2, -0.15) is 5.10 Å². The molecule has 9 heteroatoms. The van der Waals surface area contributed by atoms with E-state index in [0.29, 0.717) is 29.4 Å². The molecule has 0 radical (unpaired) electrons. The van der Waals surface area contributed by atoms with Gasteiger partial charge < -0.3 is 24.8 Å². The number of anilines is 1. The summed E-state index contributed by atoms with van der Waals surface area (Å²) in [5.74, 6) is 1.19. The lowest BCUT2D eigenvalue weighted by Crippen LogP contribution is -2.29. The van der Waals surface area contributed by atoms with E-state index >= 15 is 0 Å². The zero-order chi connectivity index (χ0) is 22.2. The van der Waals surface area contributed by atoms with Gasteiger partial charge in [0.15, 0.2) is 4.90 Å². The summed E-state index contributed by atoms with van der Waals surface area (Å²) in [4.78, 5) is 15.1. The van der Waals surface area contributed by atoms with E-state index in [-0.39, 0.29) is 6.03 Å². The first-order valence-corrected chi connectivity index (χ1v) is 11.1. The molecular formula is C22H27N5O3S. The number of rotatable bonds is 9. The topological polar surface area (TPSA) is 105 Å². The van der Waals surface area contributed by atoms with Crippen molar-refractivity contribution in [3.8, 4) is 16.9 Å². The van der Waals surface area contributed by atoms with Gasteiger partial charge >= 0.3 is 6.03 Å². The summed E-state index contributed by atoms with van der Waals surface area (Å²) in [6, 6.07) is 12.6. The lowest BCUT2D eigenvalue weighted by atomic mass is 10.1. The van der Waals surface area contributed by atoms with Gasteiger partial charge in [-0.05, 0) is 54.6 Å². The van der Waals surface area contributed by atoms with Crippen molar-refractivity contribution in [2.45, 2.75) is 11.4 Å². The lowest BCUT2D eigenvalue weighted by Gasteiger charge is -2.18. The second-order valence-corrected chi connectivity index (χ2v) is 8.75. The molecule has 0 spiro atoms. The summed E-state index contributed by atoms with van der Waals surface area (Å²) in [5, 5.41) is 12.4. The van der Waals surface area contributed by atoms with E-state index in [4.69, 9.17) is 4.74 Å². The molecule has 0 aliphatic heterocycles. The van der Waals surface area contributed by atoms with Gasteiger partial charge in [0.05, 0.1) is 19.0 Å². The Hall–Kier alpha value is -3.01.